The molecule has 21 heavy (non-hydrogen) atoms. The van der Waals surface area contributed by atoms with E-state index in [2.05, 4.69) is 36.4 Å². The van der Waals surface area contributed by atoms with Crippen molar-refractivity contribution in [1.82, 2.24) is 15.1 Å². The van der Waals surface area contributed by atoms with Crippen LogP contribution in [-0.2, 0) is 6.54 Å². The summed E-state index contributed by atoms with van der Waals surface area (Å²) in [6, 6.07) is 10.2. The molecule has 2 aromatic rings. The maximum atomic E-state index is 8.75. The molecule has 4 nitrogen and oxygen atoms in total. The Morgan fingerprint density at radius 3 is 2.57 bits per heavy atom. The van der Waals surface area contributed by atoms with E-state index in [1.807, 2.05) is 22.9 Å². The molecule has 4 heteroatoms. The maximum Gasteiger partial charge on any atom is 0.0648 e. The van der Waals surface area contributed by atoms with Crippen molar-refractivity contribution in [3.63, 3.8) is 0 Å². The zero-order chi connectivity index (χ0) is 15.1. The summed E-state index contributed by atoms with van der Waals surface area (Å²) < 4.78 is 2.01. The van der Waals surface area contributed by atoms with Crippen molar-refractivity contribution in [1.29, 1.82) is 0 Å². The zero-order valence-electron chi connectivity index (χ0n) is 13.0. The number of hydrogen-bond donors (Lipinski definition) is 2. The molecule has 0 aliphatic rings. The van der Waals surface area contributed by atoms with Gasteiger partial charge in [0.1, 0.15) is 0 Å². The van der Waals surface area contributed by atoms with Gasteiger partial charge >= 0.3 is 0 Å². The summed E-state index contributed by atoms with van der Waals surface area (Å²) >= 11 is 0. The van der Waals surface area contributed by atoms with Crippen LogP contribution in [-0.4, -0.2) is 28.0 Å². The minimum Gasteiger partial charge on any atom is -0.396 e. The number of aliphatic hydroxyl groups excluding tert-OH is 1. The molecule has 0 atom stereocenters. The normalized spacial score (nSPS) is 11.0. The average molecular weight is 287 g/mol. The minimum atomic E-state index is 0.294. The van der Waals surface area contributed by atoms with E-state index in [-0.39, 0.29) is 0 Å². The fourth-order valence-electron chi connectivity index (χ4n) is 2.50. The summed E-state index contributed by atoms with van der Waals surface area (Å²) in [5.41, 5.74) is 4.66. The molecule has 1 aromatic carbocycles. The van der Waals surface area contributed by atoms with Crippen LogP contribution in [0.1, 0.15) is 36.2 Å². The summed E-state index contributed by atoms with van der Waals surface area (Å²) in [6.07, 6.45) is 3.07. The molecule has 0 aliphatic carbocycles. The predicted molar refractivity (Wildman–Crippen MR) is 85.7 cm³/mol. The first-order valence-electron chi connectivity index (χ1n) is 7.66. The number of para-hydroxylation sites is 1. The van der Waals surface area contributed by atoms with E-state index in [0.717, 1.165) is 43.7 Å². The van der Waals surface area contributed by atoms with E-state index in [1.54, 1.807) is 0 Å². The predicted octanol–water partition coefficient (Wildman–Crippen LogP) is 2.74. The lowest BCUT2D eigenvalue weighted by molar-refractivity contribution is 0.283. The lowest BCUT2D eigenvalue weighted by Gasteiger charge is -2.07. The third kappa shape index (κ3) is 4.16. The van der Waals surface area contributed by atoms with Crippen molar-refractivity contribution >= 4 is 0 Å². The zero-order valence-corrected chi connectivity index (χ0v) is 13.0. The summed E-state index contributed by atoms with van der Waals surface area (Å²) in [5, 5.41) is 16.9. The number of aliphatic hydroxyl groups is 1. The van der Waals surface area contributed by atoms with Gasteiger partial charge in [-0.2, -0.15) is 5.10 Å². The van der Waals surface area contributed by atoms with Gasteiger partial charge in [0.05, 0.1) is 11.4 Å². The second-order valence-corrected chi connectivity index (χ2v) is 5.36. The highest BCUT2D eigenvalue weighted by atomic mass is 16.2. The Kier molecular flexibility index (Phi) is 5.96. The lowest BCUT2D eigenvalue weighted by Crippen LogP contribution is -2.15. The lowest BCUT2D eigenvalue weighted by atomic mass is 10.2. The largest absolute Gasteiger partial charge is 0.396 e. The van der Waals surface area contributed by atoms with Crippen LogP contribution in [0.3, 0.4) is 0 Å². The van der Waals surface area contributed by atoms with Gasteiger partial charge in [-0.1, -0.05) is 18.2 Å². The van der Waals surface area contributed by atoms with Crippen molar-refractivity contribution in [3.05, 3.63) is 47.3 Å². The van der Waals surface area contributed by atoms with Crippen LogP contribution in [0.25, 0.3) is 5.69 Å². The third-order valence-corrected chi connectivity index (χ3v) is 3.76. The number of hydrogen-bond acceptors (Lipinski definition) is 3. The smallest absolute Gasteiger partial charge is 0.0648 e. The van der Waals surface area contributed by atoms with Crippen molar-refractivity contribution in [3.8, 4) is 5.69 Å². The van der Waals surface area contributed by atoms with Gasteiger partial charge in [0.2, 0.25) is 0 Å². The number of nitrogens with one attached hydrogen (secondary N) is 1. The molecule has 2 N–H and O–H groups in total. The van der Waals surface area contributed by atoms with E-state index in [0.29, 0.717) is 6.61 Å². The number of nitrogens with zero attached hydrogens (tertiary/aromatic N) is 2. The Labute approximate surface area is 126 Å². The van der Waals surface area contributed by atoms with Crippen LogP contribution in [0.5, 0.6) is 0 Å². The summed E-state index contributed by atoms with van der Waals surface area (Å²) in [6.45, 7) is 6.31. The second kappa shape index (κ2) is 7.96. The molecule has 0 fully saturated rings. The van der Waals surface area contributed by atoms with Crippen molar-refractivity contribution in [2.45, 2.75) is 39.7 Å². The van der Waals surface area contributed by atoms with E-state index in [4.69, 9.17) is 5.11 Å². The molecule has 1 heterocycles. The van der Waals surface area contributed by atoms with E-state index < -0.39 is 0 Å². The highest BCUT2D eigenvalue weighted by molar-refractivity contribution is 5.36. The van der Waals surface area contributed by atoms with Crippen LogP contribution in [0.15, 0.2) is 30.3 Å². The number of benzene rings is 1. The topological polar surface area (TPSA) is 50.1 Å². The van der Waals surface area contributed by atoms with E-state index in [9.17, 15) is 0 Å². The number of aromatic nitrogens is 2. The van der Waals surface area contributed by atoms with Gasteiger partial charge < -0.3 is 10.4 Å². The molecular weight excluding hydrogens is 262 g/mol. The summed E-state index contributed by atoms with van der Waals surface area (Å²) in [7, 11) is 0. The highest BCUT2D eigenvalue weighted by Crippen LogP contribution is 2.17. The molecule has 0 radical (unpaired) electrons. The number of unbranched alkanes of at least 4 members (excludes halogenated alkanes) is 2. The van der Waals surface area contributed by atoms with Crippen LogP contribution in [0.4, 0.5) is 0 Å². The second-order valence-electron chi connectivity index (χ2n) is 5.36. The molecule has 0 saturated heterocycles. The van der Waals surface area contributed by atoms with E-state index >= 15 is 0 Å². The van der Waals surface area contributed by atoms with Gasteiger partial charge in [-0.15, -0.1) is 0 Å². The van der Waals surface area contributed by atoms with Gasteiger partial charge in [0.15, 0.2) is 0 Å². The van der Waals surface area contributed by atoms with Crippen LogP contribution in [0, 0.1) is 13.8 Å². The summed E-state index contributed by atoms with van der Waals surface area (Å²) in [4.78, 5) is 0. The Bertz CT molecular complexity index is 549. The van der Waals surface area contributed by atoms with Crippen LogP contribution >= 0.6 is 0 Å². The van der Waals surface area contributed by atoms with Gasteiger partial charge in [-0.25, -0.2) is 4.68 Å². The summed E-state index contributed by atoms with van der Waals surface area (Å²) in [5.74, 6) is 0. The molecule has 2 rings (SSSR count). The number of aryl methyl sites for hydroxylation is 1. The quantitative estimate of drug-likeness (QED) is 0.734. The Morgan fingerprint density at radius 2 is 1.86 bits per heavy atom. The van der Waals surface area contributed by atoms with Gasteiger partial charge in [-0.05, 0) is 51.8 Å². The van der Waals surface area contributed by atoms with Gasteiger partial charge in [0.25, 0.3) is 0 Å². The first-order chi connectivity index (χ1) is 10.2. The van der Waals surface area contributed by atoms with Crippen molar-refractivity contribution in [2.75, 3.05) is 13.2 Å². The molecule has 114 valence electrons. The first-order valence-corrected chi connectivity index (χ1v) is 7.66. The molecular formula is C17H25N3O. The number of rotatable bonds is 8. The van der Waals surface area contributed by atoms with E-state index in [1.165, 1.54) is 11.3 Å². The molecule has 0 unspecified atom stereocenters. The van der Waals surface area contributed by atoms with Crippen molar-refractivity contribution in [2.24, 2.45) is 0 Å². The van der Waals surface area contributed by atoms with Crippen LogP contribution < -0.4 is 5.32 Å². The Hall–Kier alpha value is -1.65. The molecule has 0 aliphatic heterocycles. The third-order valence-electron chi connectivity index (χ3n) is 3.76. The Balaban J connectivity index is 1.96. The SMILES string of the molecule is Cc1nn(-c2ccccc2)c(C)c1CNCCCCCO. The standard InChI is InChI=1S/C17H25N3O/c1-14-17(13-18-11-7-4-8-12-21)15(2)20(19-14)16-9-5-3-6-10-16/h3,5-6,9-10,18,21H,4,7-8,11-13H2,1-2H3. The first kappa shape index (κ1) is 15.7. The molecule has 0 saturated carbocycles. The van der Waals surface area contributed by atoms with Crippen LogP contribution in [0.2, 0.25) is 0 Å². The fraction of sp³-hybridized carbons (Fsp3) is 0.471. The minimum absolute atomic E-state index is 0.294. The van der Waals surface area contributed by atoms with Gasteiger partial charge in [0, 0.05) is 24.4 Å². The molecule has 1 aromatic heterocycles. The maximum absolute atomic E-state index is 8.75. The van der Waals surface area contributed by atoms with Gasteiger partial charge in [-0.3, -0.25) is 0 Å². The molecule has 0 bridgehead atoms. The highest BCUT2D eigenvalue weighted by Gasteiger charge is 2.11. The Morgan fingerprint density at radius 1 is 1.10 bits per heavy atom. The fourth-order valence-corrected chi connectivity index (χ4v) is 2.50. The molecule has 0 amide bonds. The average Bonchev–Trinajstić information content (AvgIpc) is 2.79. The monoisotopic (exact) mass is 287 g/mol. The molecule has 0 spiro atoms. The van der Waals surface area contributed by atoms with Crippen molar-refractivity contribution < 1.29 is 5.11 Å².